The first kappa shape index (κ1) is 23.3. The van der Waals surface area contributed by atoms with Gasteiger partial charge >= 0.3 is 6.18 Å². The molecule has 2 aromatic carbocycles. The van der Waals surface area contributed by atoms with E-state index in [-0.39, 0.29) is 11.9 Å². The first-order chi connectivity index (χ1) is 17.3. The molecule has 0 atom stereocenters. The summed E-state index contributed by atoms with van der Waals surface area (Å²) in [5, 5.41) is 12.8. The molecule has 0 aliphatic carbocycles. The van der Waals surface area contributed by atoms with Crippen LogP contribution in [0.4, 0.5) is 42.0 Å². The maximum absolute atomic E-state index is 12.9. The minimum Gasteiger partial charge on any atom is -0.338 e. The Bertz CT molecular complexity index is 1510. The lowest BCUT2D eigenvalue weighted by Gasteiger charge is -2.12. The summed E-state index contributed by atoms with van der Waals surface area (Å²) in [5.74, 6) is 0.401. The van der Waals surface area contributed by atoms with Gasteiger partial charge in [-0.1, -0.05) is 0 Å². The lowest BCUT2D eigenvalue weighted by Crippen LogP contribution is -2.06. The molecule has 0 bridgehead atoms. The number of halogens is 3. The fraction of sp³-hybridized carbons (Fsp3) is 0.0833. The van der Waals surface area contributed by atoms with Crippen LogP contribution in [-0.2, 0) is 11.0 Å². The number of hydrogen-bond donors (Lipinski definition) is 3. The second-order valence-electron chi connectivity index (χ2n) is 7.75. The highest BCUT2D eigenvalue weighted by Crippen LogP contribution is 2.31. The van der Waals surface area contributed by atoms with Crippen molar-refractivity contribution >= 4 is 57.2 Å². The Morgan fingerprint density at radius 1 is 0.917 bits per heavy atom. The zero-order valence-electron chi connectivity index (χ0n) is 18.7. The van der Waals surface area contributed by atoms with Crippen LogP contribution in [0.5, 0.6) is 0 Å². The van der Waals surface area contributed by atoms with Gasteiger partial charge in [0.25, 0.3) is 0 Å². The molecule has 3 N–H and O–H groups in total. The molecule has 182 valence electrons. The molecule has 5 rings (SSSR count). The maximum atomic E-state index is 12.9. The number of fused-ring (bicyclic) bond motifs is 1. The maximum Gasteiger partial charge on any atom is 0.416 e. The SMILES string of the molecule is CC(=O)Nc1ccc(Nc2nc(Nc3ccc(C(F)(F)F)cc3)nc3c2ncn3-c2ccsc2)cc1. The van der Waals surface area contributed by atoms with E-state index < -0.39 is 11.7 Å². The van der Waals surface area contributed by atoms with Crippen molar-refractivity contribution in [2.75, 3.05) is 16.0 Å². The van der Waals surface area contributed by atoms with Gasteiger partial charge in [-0.25, -0.2) is 4.98 Å². The minimum absolute atomic E-state index is 0.175. The number of carbonyl (C=O) groups excluding carboxylic acids is 1. The molecule has 36 heavy (non-hydrogen) atoms. The summed E-state index contributed by atoms with van der Waals surface area (Å²) < 4.78 is 40.6. The number of amides is 1. The number of hydrogen-bond acceptors (Lipinski definition) is 7. The molecular weight excluding hydrogens is 491 g/mol. The number of benzene rings is 2. The van der Waals surface area contributed by atoms with E-state index in [9.17, 15) is 18.0 Å². The van der Waals surface area contributed by atoms with Crippen LogP contribution in [0.3, 0.4) is 0 Å². The van der Waals surface area contributed by atoms with E-state index in [1.54, 1.807) is 35.2 Å². The van der Waals surface area contributed by atoms with Crippen molar-refractivity contribution in [3.63, 3.8) is 0 Å². The zero-order valence-corrected chi connectivity index (χ0v) is 19.5. The Morgan fingerprint density at radius 2 is 1.58 bits per heavy atom. The van der Waals surface area contributed by atoms with Crippen LogP contribution in [0, 0.1) is 0 Å². The van der Waals surface area contributed by atoms with Gasteiger partial charge in [0.05, 0.1) is 11.3 Å². The van der Waals surface area contributed by atoms with Gasteiger partial charge in [-0.05, 0) is 60.0 Å². The van der Waals surface area contributed by atoms with Crippen molar-refractivity contribution in [3.8, 4) is 5.69 Å². The van der Waals surface area contributed by atoms with E-state index in [4.69, 9.17) is 0 Å². The van der Waals surface area contributed by atoms with Gasteiger partial charge in [0.2, 0.25) is 11.9 Å². The van der Waals surface area contributed by atoms with Crippen LogP contribution < -0.4 is 16.0 Å². The predicted octanol–water partition coefficient (Wildman–Crippen LogP) is 6.34. The summed E-state index contributed by atoms with van der Waals surface area (Å²) >= 11 is 1.52. The summed E-state index contributed by atoms with van der Waals surface area (Å²) in [7, 11) is 0. The molecule has 8 nitrogen and oxygen atoms in total. The number of alkyl halides is 3. The van der Waals surface area contributed by atoms with Crippen molar-refractivity contribution in [2.24, 2.45) is 0 Å². The topological polar surface area (TPSA) is 96.8 Å². The quantitative estimate of drug-likeness (QED) is 0.247. The van der Waals surface area contributed by atoms with Crippen LogP contribution in [-0.4, -0.2) is 25.4 Å². The normalized spacial score (nSPS) is 11.4. The molecular formula is C24H18F3N7OS. The van der Waals surface area contributed by atoms with E-state index in [1.165, 1.54) is 30.4 Å². The predicted molar refractivity (Wildman–Crippen MR) is 133 cm³/mol. The van der Waals surface area contributed by atoms with E-state index >= 15 is 0 Å². The van der Waals surface area contributed by atoms with Gasteiger partial charge in [-0.2, -0.15) is 34.5 Å². The smallest absolute Gasteiger partial charge is 0.338 e. The molecule has 5 aromatic rings. The third-order valence-electron chi connectivity index (χ3n) is 5.12. The van der Waals surface area contributed by atoms with Crippen LogP contribution >= 0.6 is 11.3 Å². The van der Waals surface area contributed by atoms with E-state index in [1.807, 2.05) is 16.8 Å². The van der Waals surface area contributed by atoms with Gasteiger partial charge < -0.3 is 16.0 Å². The molecule has 0 aliphatic rings. The van der Waals surface area contributed by atoms with Crippen molar-refractivity contribution in [1.29, 1.82) is 0 Å². The lowest BCUT2D eigenvalue weighted by molar-refractivity contribution is -0.137. The molecule has 3 aromatic heterocycles. The highest BCUT2D eigenvalue weighted by Gasteiger charge is 2.30. The first-order valence-corrected chi connectivity index (χ1v) is 11.6. The Balaban J connectivity index is 1.51. The summed E-state index contributed by atoms with van der Waals surface area (Å²) in [6.07, 6.45) is -2.79. The number of nitrogens with zero attached hydrogens (tertiary/aromatic N) is 4. The minimum atomic E-state index is -4.42. The zero-order chi connectivity index (χ0) is 25.3. The number of anilines is 5. The molecule has 0 saturated heterocycles. The third-order valence-corrected chi connectivity index (χ3v) is 5.79. The van der Waals surface area contributed by atoms with E-state index in [0.29, 0.717) is 34.0 Å². The van der Waals surface area contributed by atoms with E-state index in [0.717, 1.165) is 17.8 Å². The van der Waals surface area contributed by atoms with Crippen molar-refractivity contribution in [3.05, 3.63) is 77.2 Å². The second kappa shape index (κ2) is 9.30. The van der Waals surface area contributed by atoms with E-state index in [2.05, 4.69) is 30.9 Å². The molecule has 0 fully saturated rings. The fourth-order valence-electron chi connectivity index (χ4n) is 3.47. The number of aromatic nitrogens is 4. The standard InChI is InChI=1S/C24H18F3N7OS/c1-14(35)29-16-6-8-17(9-7-16)30-21-20-22(34(13-28-20)19-10-11-36-12-19)33-23(32-21)31-18-4-2-15(3-5-18)24(25,26)27/h2-13H,1H3,(H,29,35)(H2,30,31,32,33). The second-order valence-corrected chi connectivity index (χ2v) is 8.53. The van der Waals surface area contributed by atoms with Crippen LogP contribution in [0.2, 0.25) is 0 Å². The Labute approximate surface area is 206 Å². The van der Waals surface area contributed by atoms with Crippen LogP contribution in [0.15, 0.2) is 71.7 Å². The van der Waals surface area contributed by atoms with Crippen molar-refractivity contribution in [1.82, 2.24) is 19.5 Å². The molecule has 1 amide bonds. The van der Waals surface area contributed by atoms with Gasteiger partial charge in [0, 0.05) is 29.4 Å². The van der Waals surface area contributed by atoms with Crippen LogP contribution in [0.25, 0.3) is 16.9 Å². The highest BCUT2D eigenvalue weighted by molar-refractivity contribution is 7.08. The Morgan fingerprint density at radius 3 is 2.22 bits per heavy atom. The number of nitrogens with one attached hydrogen (secondary N) is 3. The number of carbonyl (C=O) groups is 1. The largest absolute Gasteiger partial charge is 0.416 e. The molecule has 0 unspecified atom stereocenters. The highest BCUT2D eigenvalue weighted by atomic mass is 32.1. The van der Waals surface area contributed by atoms with Gasteiger partial charge in [0.15, 0.2) is 17.0 Å². The molecule has 0 saturated carbocycles. The summed E-state index contributed by atoms with van der Waals surface area (Å²) in [6, 6.07) is 13.6. The molecule has 0 aliphatic heterocycles. The monoisotopic (exact) mass is 509 g/mol. The average Bonchev–Trinajstić information content (AvgIpc) is 3.50. The summed E-state index contributed by atoms with van der Waals surface area (Å²) in [4.78, 5) is 24.9. The molecule has 3 heterocycles. The van der Waals surface area contributed by atoms with Crippen molar-refractivity contribution < 1.29 is 18.0 Å². The Hall–Kier alpha value is -4.45. The number of imidazole rings is 1. The fourth-order valence-corrected chi connectivity index (χ4v) is 4.10. The molecule has 12 heteroatoms. The number of thiophene rings is 1. The summed E-state index contributed by atoms with van der Waals surface area (Å²) in [5.41, 5.74) is 2.87. The average molecular weight is 510 g/mol. The Kier molecular flexibility index (Phi) is 6.02. The van der Waals surface area contributed by atoms with Gasteiger partial charge in [-0.3, -0.25) is 9.36 Å². The molecule has 0 spiro atoms. The first-order valence-electron chi connectivity index (χ1n) is 10.6. The van der Waals surface area contributed by atoms with Crippen molar-refractivity contribution in [2.45, 2.75) is 13.1 Å². The summed E-state index contributed by atoms with van der Waals surface area (Å²) in [6.45, 7) is 1.43. The van der Waals surface area contributed by atoms with Gasteiger partial charge in [0.1, 0.15) is 6.33 Å². The lowest BCUT2D eigenvalue weighted by atomic mass is 10.2. The number of rotatable bonds is 6. The van der Waals surface area contributed by atoms with Gasteiger partial charge in [-0.15, -0.1) is 0 Å². The molecule has 0 radical (unpaired) electrons. The van der Waals surface area contributed by atoms with Crippen LogP contribution in [0.1, 0.15) is 12.5 Å². The third kappa shape index (κ3) is 4.98.